The summed E-state index contributed by atoms with van der Waals surface area (Å²) in [6.07, 6.45) is 2.32. The molecule has 1 heterocycles. The first kappa shape index (κ1) is 16.4. The minimum absolute atomic E-state index is 0.324. The summed E-state index contributed by atoms with van der Waals surface area (Å²) in [5.41, 5.74) is 2.01. The zero-order valence-corrected chi connectivity index (χ0v) is 13.0. The molecule has 3 aromatic rings. The topological polar surface area (TPSA) is 79.5 Å². The van der Waals surface area contributed by atoms with Crippen LogP contribution < -0.4 is 0 Å². The fourth-order valence-electron chi connectivity index (χ4n) is 2.63. The fraction of sp³-hybridized carbons (Fsp3) is 0.0526. The Hall–Kier alpha value is -3.41. The predicted molar refractivity (Wildman–Crippen MR) is 90.7 cm³/mol. The van der Waals surface area contributed by atoms with Crippen molar-refractivity contribution < 1.29 is 24.2 Å². The second-order valence-corrected chi connectivity index (χ2v) is 5.51. The van der Waals surface area contributed by atoms with Gasteiger partial charge in [-0.15, -0.1) is 0 Å². The van der Waals surface area contributed by atoms with Gasteiger partial charge in [0.1, 0.15) is 11.6 Å². The second-order valence-electron chi connectivity index (χ2n) is 5.51. The van der Waals surface area contributed by atoms with Crippen LogP contribution in [-0.2, 0) is 16.1 Å². The third-order valence-electron chi connectivity index (χ3n) is 3.81. The number of carboxylic acids is 1. The van der Waals surface area contributed by atoms with Gasteiger partial charge in [-0.05, 0) is 23.8 Å². The van der Waals surface area contributed by atoms with E-state index in [2.05, 4.69) is 0 Å². The molecule has 0 saturated carbocycles. The summed E-state index contributed by atoms with van der Waals surface area (Å²) in [4.78, 5) is 22.0. The lowest BCUT2D eigenvalue weighted by atomic mass is 10.1. The zero-order valence-electron chi connectivity index (χ0n) is 13.0. The molecule has 0 saturated heterocycles. The number of hydrogen-bond donors (Lipinski definition) is 2. The molecule has 0 spiro atoms. The smallest absolute Gasteiger partial charge is 0.376 e. The third-order valence-corrected chi connectivity index (χ3v) is 3.81. The maximum absolute atomic E-state index is 13.0. The Morgan fingerprint density at radius 3 is 2.40 bits per heavy atom. The fourth-order valence-corrected chi connectivity index (χ4v) is 2.63. The van der Waals surface area contributed by atoms with Crippen LogP contribution in [0.3, 0.4) is 0 Å². The summed E-state index contributed by atoms with van der Waals surface area (Å²) in [5, 5.41) is 19.5. The molecule has 5 nitrogen and oxygen atoms in total. The first-order chi connectivity index (χ1) is 12.0. The van der Waals surface area contributed by atoms with Crippen LogP contribution in [0.5, 0.6) is 0 Å². The van der Waals surface area contributed by atoms with Crippen molar-refractivity contribution in [3.63, 3.8) is 0 Å². The Morgan fingerprint density at radius 1 is 1.04 bits per heavy atom. The number of nitrogens with zero attached hydrogens (tertiary/aromatic N) is 1. The molecule has 2 N–H and O–H groups in total. The lowest BCUT2D eigenvalue weighted by Gasteiger charge is -2.05. The first-order valence-electron chi connectivity index (χ1n) is 7.46. The number of benzene rings is 2. The highest BCUT2D eigenvalue weighted by molar-refractivity contribution is 6.38. The van der Waals surface area contributed by atoms with Crippen LogP contribution in [0.15, 0.2) is 60.8 Å². The van der Waals surface area contributed by atoms with Gasteiger partial charge in [0.05, 0.1) is 0 Å². The van der Waals surface area contributed by atoms with Gasteiger partial charge in [-0.25, -0.2) is 9.18 Å². The van der Waals surface area contributed by atoms with E-state index in [4.69, 9.17) is 5.11 Å². The highest BCUT2D eigenvalue weighted by Gasteiger charge is 2.15. The molecule has 0 aliphatic rings. The zero-order chi connectivity index (χ0) is 18.0. The number of para-hydroxylation sites is 1. The highest BCUT2D eigenvalue weighted by atomic mass is 19.1. The number of aliphatic hydroxyl groups is 1. The molecule has 6 heteroatoms. The maximum atomic E-state index is 13.0. The number of ketones is 1. The van der Waals surface area contributed by atoms with Crippen LogP contribution in [0.25, 0.3) is 16.7 Å². The average molecular weight is 339 g/mol. The number of carbonyl (C=O) groups excluding carboxylic acids is 1. The number of carboxylic acid groups (broad SMARTS) is 1. The monoisotopic (exact) mass is 339 g/mol. The van der Waals surface area contributed by atoms with Gasteiger partial charge in [0.25, 0.3) is 5.78 Å². The van der Waals surface area contributed by atoms with E-state index >= 15 is 0 Å². The van der Waals surface area contributed by atoms with Gasteiger partial charge >= 0.3 is 5.97 Å². The number of halogens is 1. The van der Waals surface area contributed by atoms with E-state index in [-0.39, 0.29) is 5.82 Å². The number of aliphatic carboxylic acids is 1. The van der Waals surface area contributed by atoms with Crippen molar-refractivity contribution in [3.8, 4) is 0 Å². The lowest BCUT2D eigenvalue weighted by Crippen LogP contribution is -2.09. The highest BCUT2D eigenvalue weighted by Crippen LogP contribution is 2.27. The molecule has 126 valence electrons. The van der Waals surface area contributed by atoms with Crippen molar-refractivity contribution in [2.75, 3.05) is 0 Å². The molecular weight excluding hydrogens is 325 g/mol. The molecule has 0 bridgehead atoms. The summed E-state index contributed by atoms with van der Waals surface area (Å²) in [6.45, 7) is 0.431. The minimum atomic E-state index is -1.64. The van der Waals surface area contributed by atoms with Crippen LogP contribution in [0.1, 0.15) is 11.1 Å². The number of rotatable bonds is 5. The molecule has 2 aromatic carbocycles. The Balaban J connectivity index is 2.05. The molecule has 0 radical (unpaired) electrons. The average Bonchev–Trinajstić information content (AvgIpc) is 2.96. The van der Waals surface area contributed by atoms with Crippen molar-refractivity contribution in [3.05, 3.63) is 77.7 Å². The van der Waals surface area contributed by atoms with Gasteiger partial charge < -0.3 is 14.8 Å². The van der Waals surface area contributed by atoms with Crippen molar-refractivity contribution >= 4 is 28.4 Å². The Morgan fingerprint density at radius 2 is 1.72 bits per heavy atom. The van der Waals surface area contributed by atoms with E-state index in [1.807, 2.05) is 16.7 Å². The van der Waals surface area contributed by atoms with Crippen molar-refractivity contribution in [2.24, 2.45) is 0 Å². The molecular formula is C19H14FNO4. The molecule has 0 aliphatic heterocycles. The van der Waals surface area contributed by atoms with E-state index in [0.717, 1.165) is 11.1 Å². The Labute approximate surface area is 142 Å². The molecule has 3 rings (SSSR count). The summed E-state index contributed by atoms with van der Waals surface area (Å²) in [5.74, 6) is -3.58. The van der Waals surface area contributed by atoms with Gasteiger partial charge in [0, 0.05) is 35.3 Å². The molecule has 1 aromatic heterocycles. The summed E-state index contributed by atoms with van der Waals surface area (Å²) < 4.78 is 14.9. The van der Waals surface area contributed by atoms with Crippen LogP contribution in [0.2, 0.25) is 0 Å². The summed E-state index contributed by atoms with van der Waals surface area (Å²) >= 11 is 0. The van der Waals surface area contributed by atoms with E-state index < -0.39 is 17.5 Å². The van der Waals surface area contributed by atoms with Gasteiger partial charge in [-0.3, -0.25) is 4.79 Å². The lowest BCUT2D eigenvalue weighted by molar-refractivity contribution is -0.146. The minimum Gasteiger partial charge on any atom is -0.507 e. The van der Waals surface area contributed by atoms with Gasteiger partial charge in [0.15, 0.2) is 0 Å². The standard InChI is InChI=1S/C19H14FNO4/c20-13-7-5-12(6-8-13)10-21-11-15(14-3-1-2-4-16(14)21)17(22)9-18(23)19(24)25/h1-9,11,22H,10H2,(H,24,25). The van der Waals surface area contributed by atoms with Crippen molar-refractivity contribution in [1.29, 1.82) is 0 Å². The number of carbonyl (C=O) groups is 2. The van der Waals surface area contributed by atoms with Gasteiger partial charge in [0.2, 0.25) is 0 Å². The van der Waals surface area contributed by atoms with Crippen molar-refractivity contribution in [2.45, 2.75) is 6.54 Å². The number of aromatic nitrogens is 1. The van der Waals surface area contributed by atoms with Crippen LogP contribution in [0.4, 0.5) is 4.39 Å². The number of hydrogen-bond acceptors (Lipinski definition) is 3. The molecule has 0 unspecified atom stereocenters. The number of aliphatic hydroxyl groups excluding tert-OH is 1. The van der Waals surface area contributed by atoms with E-state index in [1.54, 1.807) is 30.5 Å². The molecule has 0 amide bonds. The van der Waals surface area contributed by atoms with Gasteiger partial charge in [-0.1, -0.05) is 30.3 Å². The molecule has 25 heavy (non-hydrogen) atoms. The van der Waals surface area contributed by atoms with Crippen LogP contribution in [0, 0.1) is 5.82 Å². The van der Waals surface area contributed by atoms with E-state index in [1.165, 1.54) is 12.1 Å². The largest absolute Gasteiger partial charge is 0.507 e. The van der Waals surface area contributed by atoms with Gasteiger partial charge in [-0.2, -0.15) is 0 Å². The quantitative estimate of drug-likeness (QED) is 0.424. The van der Waals surface area contributed by atoms with E-state index in [9.17, 15) is 19.1 Å². The van der Waals surface area contributed by atoms with Crippen LogP contribution in [-0.4, -0.2) is 26.5 Å². The molecule has 0 atom stereocenters. The number of fused-ring (bicyclic) bond motifs is 1. The normalized spacial score (nSPS) is 11.6. The molecule has 0 fully saturated rings. The second kappa shape index (κ2) is 6.60. The predicted octanol–water partition coefficient (Wildman–Crippen LogP) is 3.38. The summed E-state index contributed by atoms with van der Waals surface area (Å²) in [7, 11) is 0. The third kappa shape index (κ3) is 3.42. The molecule has 0 aliphatic carbocycles. The van der Waals surface area contributed by atoms with E-state index in [0.29, 0.717) is 23.6 Å². The van der Waals surface area contributed by atoms with Crippen molar-refractivity contribution in [1.82, 2.24) is 4.57 Å². The summed E-state index contributed by atoms with van der Waals surface area (Å²) in [6, 6.07) is 13.3. The Kier molecular flexibility index (Phi) is 4.35. The maximum Gasteiger partial charge on any atom is 0.376 e. The Bertz CT molecular complexity index is 986. The first-order valence-corrected chi connectivity index (χ1v) is 7.46. The van der Waals surface area contributed by atoms with Crippen LogP contribution >= 0.6 is 0 Å². The SMILES string of the molecule is O=C(O)C(=O)C=C(O)c1cn(Cc2ccc(F)cc2)c2ccccc12.